The molecule has 4 heterocycles. The summed E-state index contributed by atoms with van der Waals surface area (Å²) in [5.41, 5.74) is 0.752. The number of halogens is 4. The first-order chi connectivity index (χ1) is 16.6. The fraction of sp³-hybridized carbons (Fsp3) is 0.375. The monoisotopic (exact) mass is 506 g/mol. The molecule has 11 heteroatoms. The fourth-order valence-electron chi connectivity index (χ4n) is 4.34. The quantitative estimate of drug-likeness (QED) is 0.483. The maximum atomic E-state index is 14.9. The van der Waals surface area contributed by atoms with Crippen molar-refractivity contribution in [3.05, 3.63) is 65.6 Å². The van der Waals surface area contributed by atoms with Crippen molar-refractivity contribution < 1.29 is 27.1 Å². The van der Waals surface area contributed by atoms with Crippen molar-refractivity contribution in [3.63, 3.8) is 0 Å². The lowest BCUT2D eigenvalue weighted by atomic mass is 9.95. The van der Waals surface area contributed by atoms with Gasteiger partial charge in [-0.05, 0) is 49.6 Å². The number of amides is 1. The van der Waals surface area contributed by atoms with Crippen LogP contribution in [0.5, 0.6) is 5.75 Å². The molecule has 2 aromatic heterocycles. The number of nitrogens with one attached hydrogen (secondary N) is 1. The highest BCUT2D eigenvalue weighted by atomic mass is 32.2. The number of pyridine rings is 1. The van der Waals surface area contributed by atoms with Crippen molar-refractivity contribution in [2.45, 2.75) is 37.1 Å². The summed E-state index contributed by atoms with van der Waals surface area (Å²) >= 11 is 1.83. The van der Waals surface area contributed by atoms with E-state index in [1.165, 1.54) is 29.2 Å². The number of anilines is 1. The average Bonchev–Trinajstić information content (AvgIpc) is 3.48. The summed E-state index contributed by atoms with van der Waals surface area (Å²) in [4.78, 5) is 21.3. The van der Waals surface area contributed by atoms with Crippen molar-refractivity contribution in [1.82, 2.24) is 14.5 Å². The molecule has 1 N–H and O–H groups in total. The summed E-state index contributed by atoms with van der Waals surface area (Å²) in [7, 11) is 0. The van der Waals surface area contributed by atoms with E-state index in [2.05, 4.69) is 22.2 Å². The molecule has 2 atom stereocenters. The number of alkyl halides is 3. The van der Waals surface area contributed by atoms with Crippen LogP contribution in [-0.4, -0.2) is 32.8 Å². The molecule has 0 saturated carbocycles. The molecule has 1 aromatic carbocycles. The van der Waals surface area contributed by atoms with Crippen LogP contribution in [0.1, 0.15) is 36.6 Å². The molecule has 35 heavy (non-hydrogen) atoms. The number of carbonyl (C=O) groups excluding carboxylic acids is 1. The van der Waals surface area contributed by atoms with E-state index in [1.807, 2.05) is 11.8 Å². The normalized spacial score (nSPS) is 21.9. The maximum absolute atomic E-state index is 14.9. The van der Waals surface area contributed by atoms with E-state index < -0.39 is 29.4 Å². The number of fused-ring (bicyclic) bond motifs is 1. The van der Waals surface area contributed by atoms with Crippen LogP contribution in [-0.2, 0) is 22.1 Å². The molecule has 2 aliphatic heterocycles. The molecular weight excluding hydrogens is 484 g/mol. The van der Waals surface area contributed by atoms with Gasteiger partial charge in [0.1, 0.15) is 18.7 Å². The molecule has 184 valence electrons. The largest absolute Gasteiger partial charge is 0.492 e. The van der Waals surface area contributed by atoms with Gasteiger partial charge in [0.05, 0.1) is 33.8 Å². The number of ether oxygens (including phenoxy) is 1. The highest BCUT2D eigenvalue weighted by Crippen LogP contribution is 2.45. The number of benzene rings is 1. The summed E-state index contributed by atoms with van der Waals surface area (Å²) in [6.45, 7) is 2.05. The molecule has 0 bridgehead atoms. The summed E-state index contributed by atoms with van der Waals surface area (Å²) in [5.74, 6) is -0.435. The molecule has 0 aliphatic carbocycles. The number of rotatable bonds is 4. The van der Waals surface area contributed by atoms with Crippen molar-refractivity contribution in [3.8, 4) is 11.6 Å². The number of imidazole rings is 1. The van der Waals surface area contributed by atoms with Crippen LogP contribution >= 0.6 is 11.8 Å². The summed E-state index contributed by atoms with van der Waals surface area (Å²) < 4.78 is 60.4. The summed E-state index contributed by atoms with van der Waals surface area (Å²) in [6, 6.07) is 4.40. The Morgan fingerprint density at radius 2 is 2.11 bits per heavy atom. The van der Waals surface area contributed by atoms with Crippen LogP contribution in [0.4, 0.5) is 23.2 Å². The van der Waals surface area contributed by atoms with Gasteiger partial charge in [-0.2, -0.15) is 13.2 Å². The lowest BCUT2D eigenvalue weighted by Gasteiger charge is -2.25. The number of hydrogen-bond acceptors (Lipinski definition) is 5. The van der Waals surface area contributed by atoms with Gasteiger partial charge < -0.3 is 10.1 Å². The molecule has 1 fully saturated rings. The Hall–Kier alpha value is -3.08. The minimum Gasteiger partial charge on any atom is -0.492 e. The zero-order valence-corrected chi connectivity index (χ0v) is 19.5. The highest BCUT2D eigenvalue weighted by Gasteiger charge is 2.35. The minimum absolute atomic E-state index is 0.0729. The van der Waals surface area contributed by atoms with Gasteiger partial charge in [-0.15, -0.1) is 11.8 Å². The number of nitrogens with zero attached hydrogens (tertiary/aromatic N) is 3. The second-order valence-electron chi connectivity index (χ2n) is 8.90. The third-order valence-electron chi connectivity index (χ3n) is 6.35. The van der Waals surface area contributed by atoms with Crippen molar-refractivity contribution in [2.24, 2.45) is 5.92 Å². The van der Waals surface area contributed by atoms with Crippen LogP contribution < -0.4 is 10.1 Å². The second-order valence-corrected chi connectivity index (χ2v) is 10.5. The Balaban J connectivity index is 1.26. The third-order valence-corrected chi connectivity index (χ3v) is 7.89. The maximum Gasteiger partial charge on any atom is 0.416 e. The summed E-state index contributed by atoms with van der Waals surface area (Å²) in [6.07, 6.45) is 2.53. The van der Waals surface area contributed by atoms with Gasteiger partial charge in [0, 0.05) is 12.3 Å². The molecule has 6 nitrogen and oxygen atoms in total. The Labute approximate surface area is 203 Å². The number of aromatic nitrogens is 3. The minimum atomic E-state index is -4.47. The van der Waals surface area contributed by atoms with E-state index >= 15 is 0 Å². The molecule has 3 aromatic rings. The van der Waals surface area contributed by atoms with Gasteiger partial charge in [0.2, 0.25) is 5.91 Å². The lowest BCUT2D eigenvalue weighted by Crippen LogP contribution is -2.32. The topological polar surface area (TPSA) is 69.0 Å². The van der Waals surface area contributed by atoms with E-state index in [1.54, 1.807) is 6.20 Å². The van der Waals surface area contributed by atoms with Gasteiger partial charge in [-0.25, -0.2) is 14.4 Å². The highest BCUT2D eigenvalue weighted by molar-refractivity contribution is 8.00. The molecule has 2 unspecified atom stereocenters. The molecule has 5 rings (SSSR count). The Bertz CT molecular complexity index is 1270. The zero-order chi connectivity index (χ0) is 24.8. The van der Waals surface area contributed by atoms with Gasteiger partial charge in [0.25, 0.3) is 0 Å². The molecule has 1 amide bonds. The van der Waals surface area contributed by atoms with Crippen LogP contribution in [0, 0.1) is 11.7 Å². The molecule has 0 radical (unpaired) electrons. The predicted molar refractivity (Wildman–Crippen MR) is 123 cm³/mol. The zero-order valence-electron chi connectivity index (χ0n) is 18.7. The number of thioether (sulfide) groups is 1. The molecule has 2 aliphatic rings. The van der Waals surface area contributed by atoms with E-state index in [0.717, 1.165) is 36.4 Å². The Kier molecular flexibility index (Phi) is 5.98. The van der Waals surface area contributed by atoms with Crippen molar-refractivity contribution in [1.29, 1.82) is 0 Å². The summed E-state index contributed by atoms with van der Waals surface area (Å²) in [5, 5.41) is 2.62. The molecule has 1 saturated heterocycles. The van der Waals surface area contributed by atoms with Crippen LogP contribution in [0.2, 0.25) is 0 Å². The van der Waals surface area contributed by atoms with Crippen LogP contribution in [0.15, 0.2) is 43.0 Å². The lowest BCUT2D eigenvalue weighted by molar-refractivity contribution is -0.137. The first-order valence-corrected chi connectivity index (χ1v) is 12.1. The van der Waals surface area contributed by atoms with E-state index in [-0.39, 0.29) is 35.0 Å². The predicted octanol–water partition coefficient (Wildman–Crippen LogP) is 5.36. The molecular formula is C24H22F4N4O2S. The van der Waals surface area contributed by atoms with Crippen LogP contribution in [0.3, 0.4) is 0 Å². The van der Waals surface area contributed by atoms with Gasteiger partial charge in [0.15, 0.2) is 11.6 Å². The van der Waals surface area contributed by atoms with Crippen molar-refractivity contribution >= 4 is 23.4 Å². The number of carbonyl (C=O) groups is 1. The first-order valence-electron chi connectivity index (χ1n) is 11.1. The average molecular weight is 507 g/mol. The first kappa shape index (κ1) is 23.7. The standard InChI is InChI=1S/C24H22F4N4O2S/c1-23(5-2-6-35-23)20-11-32(13-30-20)21-18(25)9-17(10-29-21)31-22(33)15-7-14-3-4-16(24(26,27)28)8-19(14)34-12-15/h3-4,8-11,13,15H,2,5-7,12H2,1H3,(H,31,33). The SMILES string of the molecule is CC1(c2cn(-c3ncc(NC(=O)C4COc5cc(C(F)(F)F)ccc5C4)cc3F)cn2)CCCS1. The van der Waals surface area contributed by atoms with E-state index in [0.29, 0.717) is 5.56 Å². The number of hydrogen-bond donors (Lipinski definition) is 1. The van der Waals surface area contributed by atoms with Gasteiger partial charge in [-0.3, -0.25) is 9.36 Å². The van der Waals surface area contributed by atoms with Gasteiger partial charge in [-0.1, -0.05) is 6.07 Å². The Morgan fingerprint density at radius 3 is 2.83 bits per heavy atom. The fourth-order valence-corrected chi connectivity index (χ4v) is 5.62. The third kappa shape index (κ3) is 4.73. The van der Waals surface area contributed by atoms with Crippen molar-refractivity contribution in [2.75, 3.05) is 17.7 Å². The van der Waals surface area contributed by atoms with E-state index in [4.69, 9.17) is 4.74 Å². The van der Waals surface area contributed by atoms with Crippen LogP contribution in [0.25, 0.3) is 5.82 Å². The Morgan fingerprint density at radius 1 is 1.29 bits per heavy atom. The van der Waals surface area contributed by atoms with Gasteiger partial charge >= 0.3 is 6.18 Å². The second kappa shape index (κ2) is 8.85. The van der Waals surface area contributed by atoms with E-state index in [9.17, 15) is 22.4 Å². The smallest absolute Gasteiger partial charge is 0.416 e. The molecule has 0 spiro atoms.